The van der Waals surface area contributed by atoms with Crippen molar-refractivity contribution in [2.75, 3.05) is 19.6 Å². The van der Waals surface area contributed by atoms with Gasteiger partial charge in [0.2, 0.25) is 0 Å². The van der Waals surface area contributed by atoms with Gasteiger partial charge in [-0.3, -0.25) is 4.90 Å². The molecule has 0 bridgehead atoms. The highest BCUT2D eigenvalue weighted by Crippen LogP contribution is 2.11. The highest BCUT2D eigenvalue weighted by molar-refractivity contribution is 5.14. The lowest BCUT2D eigenvalue weighted by Crippen LogP contribution is -2.42. The molecule has 92 valence electrons. The molecule has 0 spiro atoms. The predicted octanol–water partition coefficient (Wildman–Crippen LogP) is 2.21. The Morgan fingerprint density at radius 1 is 1.24 bits per heavy atom. The van der Waals surface area contributed by atoms with E-state index < -0.39 is 0 Å². The van der Waals surface area contributed by atoms with Gasteiger partial charge in [0.15, 0.2) is 0 Å². The van der Waals surface area contributed by atoms with Gasteiger partial charge in [-0.1, -0.05) is 42.5 Å². The molecule has 2 nitrogen and oxygen atoms in total. The maximum absolute atomic E-state index is 5.78. The summed E-state index contributed by atoms with van der Waals surface area (Å²) < 4.78 is 0. The number of nitrogens with two attached hydrogens (primary N) is 1. The van der Waals surface area contributed by atoms with Crippen LogP contribution in [0.2, 0.25) is 0 Å². The maximum Gasteiger partial charge on any atom is 0.0401 e. The first-order chi connectivity index (χ1) is 8.40. The Labute approximate surface area is 104 Å². The van der Waals surface area contributed by atoms with E-state index in [2.05, 4.69) is 47.4 Å². The second kappa shape index (κ2) is 6.58. The Balaban J connectivity index is 1.76. The molecular weight excluding hydrogens is 208 g/mol. The van der Waals surface area contributed by atoms with E-state index in [4.69, 9.17) is 5.73 Å². The van der Waals surface area contributed by atoms with E-state index in [0.29, 0.717) is 6.04 Å². The fourth-order valence-corrected chi connectivity index (χ4v) is 2.42. The quantitative estimate of drug-likeness (QED) is 0.786. The lowest BCUT2D eigenvalue weighted by Gasteiger charge is -2.31. The molecule has 0 saturated heterocycles. The molecular formula is C15H22N2. The van der Waals surface area contributed by atoms with Crippen molar-refractivity contribution in [3.63, 3.8) is 0 Å². The Kier molecular flexibility index (Phi) is 4.77. The molecule has 2 N–H and O–H groups in total. The van der Waals surface area contributed by atoms with E-state index in [-0.39, 0.29) is 0 Å². The van der Waals surface area contributed by atoms with Crippen LogP contribution in [-0.2, 0) is 6.42 Å². The molecule has 0 fully saturated rings. The summed E-state index contributed by atoms with van der Waals surface area (Å²) in [6.07, 6.45) is 8.06. The Hall–Kier alpha value is -1.12. The smallest absolute Gasteiger partial charge is 0.0401 e. The molecule has 1 aromatic rings. The third-order valence-electron chi connectivity index (χ3n) is 3.41. The number of nitrogens with zero attached hydrogens (tertiary/aromatic N) is 1. The van der Waals surface area contributed by atoms with Crippen molar-refractivity contribution in [3.8, 4) is 0 Å². The van der Waals surface area contributed by atoms with Gasteiger partial charge >= 0.3 is 0 Å². The van der Waals surface area contributed by atoms with Crippen molar-refractivity contribution in [3.05, 3.63) is 48.0 Å². The molecule has 0 aliphatic carbocycles. The van der Waals surface area contributed by atoms with E-state index in [1.807, 2.05) is 0 Å². The van der Waals surface area contributed by atoms with Crippen LogP contribution in [0.4, 0.5) is 0 Å². The Morgan fingerprint density at radius 3 is 2.82 bits per heavy atom. The minimum Gasteiger partial charge on any atom is -0.329 e. The van der Waals surface area contributed by atoms with Gasteiger partial charge < -0.3 is 5.73 Å². The van der Waals surface area contributed by atoms with Crippen LogP contribution in [0.15, 0.2) is 42.5 Å². The number of aryl methyl sites for hydroxylation is 1. The number of hydrogen-bond donors (Lipinski definition) is 1. The topological polar surface area (TPSA) is 29.3 Å². The van der Waals surface area contributed by atoms with E-state index in [1.165, 1.54) is 24.8 Å². The second-order valence-corrected chi connectivity index (χ2v) is 4.64. The largest absolute Gasteiger partial charge is 0.329 e. The monoisotopic (exact) mass is 230 g/mol. The van der Waals surface area contributed by atoms with Gasteiger partial charge in [0.1, 0.15) is 0 Å². The van der Waals surface area contributed by atoms with Crippen molar-refractivity contribution in [1.29, 1.82) is 0 Å². The minimum atomic E-state index is 0.458. The molecule has 0 amide bonds. The summed E-state index contributed by atoms with van der Waals surface area (Å²) in [6.45, 7) is 3.05. The highest BCUT2D eigenvalue weighted by atomic mass is 15.2. The van der Waals surface area contributed by atoms with Crippen LogP contribution >= 0.6 is 0 Å². The fraction of sp³-hybridized carbons (Fsp3) is 0.467. The van der Waals surface area contributed by atoms with Crippen LogP contribution in [0.1, 0.15) is 18.4 Å². The summed E-state index contributed by atoms with van der Waals surface area (Å²) in [6, 6.07) is 11.2. The normalized spacial score (nSPS) is 20.6. The molecule has 2 rings (SSSR count). The van der Waals surface area contributed by atoms with Crippen molar-refractivity contribution >= 4 is 0 Å². The van der Waals surface area contributed by atoms with Crippen LogP contribution in [0, 0.1) is 0 Å². The molecule has 1 aliphatic heterocycles. The zero-order chi connectivity index (χ0) is 11.9. The van der Waals surface area contributed by atoms with Crippen molar-refractivity contribution in [2.45, 2.75) is 25.3 Å². The SMILES string of the molecule is NCC1C=CCCN1CCCc1ccccc1. The lowest BCUT2D eigenvalue weighted by atomic mass is 10.1. The average molecular weight is 230 g/mol. The summed E-state index contributed by atoms with van der Waals surface area (Å²) in [5.74, 6) is 0. The van der Waals surface area contributed by atoms with Crippen LogP contribution in [-0.4, -0.2) is 30.6 Å². The van der Waals surface area contributed by atoms with Crippen LogP contribution in [0.3, 0.4) is 0 Å². The average Bonchev–Trinajstić information content (AvgIpc) is 2.40. The minimum absolute atomic E-state index is 0.458. The molecule has 1 unspecified atom stereocenters. The molecule has 2 heteroatoms. The zero-order valence-electron chi connectivity index (χ0n) is 10.4. The van der Waals surface area contributed by atoms with Crippen LogP contribution < -0.4 is 5.73 Å². The van der Waals surface area contributed by atoms with Crippen molar-refractivity contribution in [2.24, 2.45) is 5.73 Å². The first kappa shape index (κ1) is 12.3. The second-order valence-electron chi connectivity index (χ2n) is 4.64. The molecule has 1 aromatic carbocycles. The highest BCUT2D eigenvalue weighted by Gasteiger charge is 2.15. The summed E-state index contributed by atoms with van der Waals surface area (Å²) in [4.78, 5) is 2.50. The first-order valence-corrected chi connectivity index (χ1v) is 6.55. The zero-order valence-corrected chi connectivity index (χ0v) is 10.4. The van der Waals surface area contributed by atoms with Gasteiger partial charge in [-0.2, -0.15) is 0 Å². The summed E-state index contributed by atoms with van der Waals surface area (Å²) in [7, 11) is 0. The molecule has 0 radical (unpaired) electrons. The van der Waals surface area contributed by atoms with E-state index in [0.717, 1.165) is 19.6 Å². The van der Waals surface area contributed by atoms with Crippen LogP contribution in [0.25, 0.3) is 0 Å². The fourth-order valence-electron chi connectivity index (χ4n) is 2.42. The third-order valence-corrected chi connectivity index (χ3v) is 3.41. The number of hydrogen-bond acceptors (Lipinski definition) is 2. The first-order valence-electron chi connectivity index (χ1n) is 6.55. The van der Waals surface area contributed by atoms with Gasteiger partial charge in [-0.25, -0.2) is 0 Å². The lowest BCUT2D eigenvalue weighted by molar-refractivity contribution is 0.224. The van der Waals surface area contributed by atoms with E-state index in [9.17, 15) is 0 Å². The molecule has 1 atom stereocenters. The molecule has 0 aromatic heterocycles. The van der Waals surface area contributed by atoms with E-state index in [1.54, 1.807) is 0 Å². The molecule has 1 aliphatic rings. The number of benzene rings is 1. The Bertz CT molecular complexity index is 345. The Morgan fingerprint density at radius 2 is 2.06 bits per heavy atom. The summed E-state index contributed by atoms with van der Waals surface area (Å²) in [5, 5.41) is 0. The van der Waals surface area contributed by atoms with E-state index >= 15 is 0 Å². The predicted molar refractivity (Wildman–Crippen MR) is 72.9 cm³/mol. The van der Waals surface area contributed by atoms with Crippen molar-refractivity contribution in [1.82, 2.24) is 4.90 Å². The van der Waals surface area contributed by atoms with Gasteiger partial charge in [0.05, 0.1) is 0 Å². The number of rotatable bonds is 5. The standard InChI is InChI=1S/C15H22N2/c16-13-15-10-4-5-11-17(15)12-6-9-14-7-2-1-3-8-14/h1-4,7-8,10,15H,5-6,9,11-13,16H2. The van der Waals surface area contributed by atoms with Crippen LogP contribution in [0.5, 0.6) is 0 Å². The molecule has 0 saturated carbocycles. The molecule has 17 heavy (non-hydrogen) atoms. The van der Waals surface area contributed by atoms with Gasteiger partial charge in [0, 0.05) is 19.1 Å². The van der Waals surface area contributed by atoms with Gasteiger partial charge in [-0.15, -0.1) is 0 Å². The summed E-state index contributed by atoms with van der Waals surface area (Å²) >= 11 is 0. The van der Waals surface area contributed by atoms with Gasteiger partial charge in [0.25, 0.3) is 0 Å². The third kappa shape index (κ3) is 3.69. The maximum atomic E-state index is 5.78. The van der Waals surface area contributed by atoms with Gasteiger partial charge in [-0.05, 0) is 31.4 Å². The van der Waals surface area contributed by atoms with Crippen molar-refractivity contribution < 1.29 is 0 Å². The summed E-state index contributed by atoms with van der Waals surface area (Å²) in [5.41, 5.74) is 7.22. The molecule has 1 heterocycles.